The SMILES string of the molecule is CC#CCNCCN(C)C(C)=O. The summed E-state index contributed by atoms with van der Waals surface area (Å²) in [6.07, 6.45) is 0. The van der Waals surface area contributed by atoms with Crippen molar-refractivity contribution < 1.29 is 4.79 Å². The van der Waals surface area contributed by atoms with Crippen molar-refractivity contribution in [2.45, 2.75) is 13.8 Å². The van der Waals surface area contributed by atoms with Gasteiger partial charge < -0.3 is 10.2 Å². The molecule has 0 spiro atoms. The smallest absolute Gasteiger partial charge is 0.219 e. The van der Waals surface area contributed by atoms with E-state index in [4.69, 9.17) is 0 Å². The van der Waals surface area contributed by atoms with Crippen LogP contribution in [0.1, 0.15) is 13.8 Å². The summed E-state index contributed by atoms with van der Waals surface area (Å²) in [6, 6.07) is 0. The molecule has 0 aromatic carbocycles. The molecule has 0 saturated heterocycles. The van der Waals surface area contributed by atoms with Crippen LogP contribution in [0.15, 0.2) is 0 Å². The van der Waals surface area contributed by atoms with Crippen molar-refractivity contribution in [2.75, 3.05) is 26.7 Å². The van der Waals surface area contributed by atoms with Gasteiger partial charge in [0.25, 0.3) is 0 Å². The molecule has 0 unspecified atom stereocenters. The van der Waals surface area contributed by atoms with Gasteiger partial charge in [0.15, 0.2) is 0 Å². The lowest BCUT2D eigenvalue weighted by Gasteiger charge is -2.13. The Morgan fingerprint density at radius 3 is 2.75 bits per heavy atom. The summed E-state index contributed by atoms with van der Waals surface area (Å²) in [7, 11) is 1.79. The third-order valence-corrected chi connectivity index (χ3v) is 1.55. The molecule has 1 N–H and O–H groups in total. The van der Waals surface area contributed by atoms with Gasteiger partial charge in [-0.2, -0.15) is 0 Å². The normalized spacial score (nSPS) is 8.58. The van der Waals surface area contributed by atoms with E-state index >= 15 is 0 Å². The van der Waals surface area contributed by atoms with Crippen molar-refractivity contribution in [1.29, 1.82) is 0 Å². The third-order valence-electron chi connectivity index (χ3n) is 1.55. The minimum atomic E-state index is 0.0957. The fraction of sp³-hybridized carbons (Fsp3) is 0.667. The van der Waals surface area contributed by atoms with Crippen molar-refractivity contribution in [2.24, 2.45) is 0 Å². The van der Waals surface area contributed by atoms with Gasteiger partial charge in [-0.3, -0.25) is 4.79 Å². The van der Waals surface area contributed by atoms with Gasteiger partial charge in [0, 0.05) is 27.1 Å². The molecule has 0 aliphatic heterocycles. The fourth-order valence-electron chi connectivity index (χ4n) is 0.643. The first-order valence-corrected chi connectivity index (χ1v) is 4.00. The van der Waals surface area contributed by atoms with E-state index in [0.717, 1.165) is 13.1 Å². The predicted octanol–water partition coefficient (Wildman–Crippen LogP) is 0.0776. The molecule has 0 fully saturated rings. The van der Waals surface area contributed by atoms with E-state index in [2.05, 4.69) is 17.2 Å². The Balaban J connectivity index is 3.29. The van der Waals surface area contributed by atoms with E-state index in [1.807, 2.05) is 6.92 Å². The van der Waals surface area contributed by atoms with Crippen molar-refractivity contribution in [3.05, 3.63) is 0 Å². The second kappa shape index (κ2) is 6.68. The van der Waals surface area contributed by atoms with Crippen LogP contribution in [0.3, 0.4) is 0 Å². The lowest BCUT2D eigenvalue weighted by molar-refractivity contribution is -0.127. The molecule has 0 aliphatic carbocycles. The fourth-order valence-corrected chi connectivity index (χ4v) is 0.643. The van der Waals surface area contributed by atoms with Gasteiger partial charge in [0.2, 0.25) is 5.91 Å². The standard InChI is InChI=1S/C9H16N2O/c1-4-5-6-10-7-8-11(3)9(2)12/h10H,6-8H2,1-3H3. The maximum absolute atomic E-state index is 10.7. The van der Waals surface area contributed by atoms with Crippen LogP contribution >= 0.6 is 0 Å². The van der Waals surface area contributed by atoms with Gasteiger partial charge in [0.05, 0.1) is 6.54 Å². The van der Waals surface area contributed by atoms with Gasteiger partial charge in [-0.05, 0) is 6.92 Å². The molecular formula is C9H16N2O. The van der Waals surface area contributed by atoms with Gasteiger partial charge in [0.1, 0.15) is 0 Å². The van der Waals surface area contributed by atoms with Gasteiger partial charge in [-0.25, -0.2) is 0 Å². The minimum Gasteiger partial charge on any atom is -0.345 e. The van der Waals surface area contributed by atoms with Crippen LogP contribution in [-0.4, -0.2) is 37.5 Å². The average Bonchev–Trinajstić information content (AvgIpc) is 2.03. The summed E-state index contributed by atoms with van der Waals surface area (Å²) in [5.41, 5.74) is 0. The Hall–Kier alpha value is -1.01. The molecule has 0 aromatic heterocycles. The highest BCUT2D eigenvalue weighted by molar-refractivity contribution is 5.72. The Labute approximate surface area is 74.1 Å². The third kappa shape index (κ3) is 5.75. The molecule has 68 valence electrons. The molecule has 0 heterocycles. The Morgan fingerprint density at radius 1 is 1.58 bits per heavy atom. The summed E-state index contributed by atoms with van der Waals surface area (Å²) in [6.45, 7) is 5.60. The summed E-state index contributed by atoms with van der Waals surface area (Å²) in [4.78, 5) is 12.4. The van der Waals surface area contributed by atoms with E-state index in [9.17, 15) is 4.79 Å². The van der Waals surface area contributed by atoms with Crippen LogP contribution in [-0.2, 0) is 4.79 Å². The van der Waals surface area contributed by atoms with Crippen molar-refractivity contribution >= 4 is 5.91 Å². The van der Waals surface area contributed by atoms with Crippen LogP contribution in [0.2, 0.25) is 0 Å². The number of likely N-dealkylation sites (N-methyl/N-ethyl adjacent to an activating group) is 1. The molecule has 0 aromatic rings. The first kappa shape index (κ1) is 11.0. The molecule has 0 aliphatic rings. The number of carbonyl (C=O) groups excluding carboxylic acids is 1. The summed E-state index contributed by atoms with van der Waals surface area (Å²) < 4.78 is 0. The predicted molar refractivity (Wildman–Crippen MR) is 49.6 cm³/mol. The molecule has 0 rings (SSSR count). The van der Waals surface area contributed by atoms with Gasteiger partial charge in [-0.15, -0.1) is 5.92 Å². The maximum Gasteiger partial charge on any atom is 0.219 e. The van der Waals surface area contributed by atoms with Crippen molar-refractivity contribution in [3.63, 3.8) is 0 Å². The Morgan fingerprint density at radius 2 is 2.25 bits per heavy atom. The van der Waals surface area contributed by atoms with E-state index < -0.39 is 0 Å². The van der Waals surface area contributed by atoms with Crippen molar-refractivity contribution in [1.82, 2.24) is 10.2 Å². The molecular weight excluding hydrogens is 152 g/mol. The number of rotatable bonds is 4. The van der Waals surface area contributed by atoms with Crippen molar-refractivity contribution in [3.8, 4) is 11.8 Å². The number of amides is 1. The summed E-state index contributed by atoms with van der Waals surface area (Å²) >= 11 is 0. The van der Waals surface area contributed by atoms with Crippen LogP contribution in [0.4, 0.5) is 0 Å². The molecule has 0 atom stereocenters. The monoisotopic (exact) mass is 168 g/mol. The zero-order valence-electron chi connectivity index (χ0n) is 7.98. The first-order valence-electron chi connectivity index (χ1n) is 4.00. The first-order chi connectivity index (χ1) is 5.68. The van der Waals surface area contributed by atoms with Gasteiger partial charge >= 0.3 is 0 Å². The quantitative estimate of drug-likeness (QED) is 0.476. The second-order valence-electron chi connectivity index (χ2n) is 2.54. The zero-order chi connectivity index (χ0) is 9.40. The van der Waals surface area contributed by atoms with Crippen LogP contribution in [0.25, 0.3) is 0 Å². The minimum absolute atomic E-state index is 0.0957. The summed E-state index contributed by atoms with van der Waals surface area (Å²) in [5.74, 6) is 5.77. The molecule has 3 nitrogen and oxygen atoms in total. The lowest BCUT2D eigenvalue weighted by Crippen LogP contribution is -2.32. The second-order valence-corrected chi connectivity index (χ2v) is 2.54. The topological polar surface area (TPSA) is 32.3 Å². The Bertz CT molecular complexity index is 190. The Kier molecular flexibility index (Phi) is 6.12. The van der Waals surface area contributed by atoms with E-state index in [-0.39, 0.29) is 5.91 Å². The van der Waals surface area contributed by atoms with E-state index in [1.54, 1.807) is 18.9 Å². The van der Waals surface area contributed by atoms with Crippen LogP contribution < -0.4 is 5.32 Å². The number of carbonyl (C=O) groups is 1. The summed E-state index contributed by atoms with van der Waals surface area (Å²) in [5, 5.41) is 3.10. The average molecular weight is 168 g/mol. The van der Waals surface area contributed by atoms with Gasteiger partial charge in [-0.1, -0.05) is 5.92 Å². The molecule has 12 heavy (non-hydrogen) atoms. The number of nitrogens with zero attached hydrogens (tertiary/aromatic N) is 1. The van der Waals surface area contributed by atoms with Crippen LogP contribution in [0, 0.1) is 11.8 Å². The zero-order valence-corrected chi connectivity index (χ0v) is 7.98. The molecule has 3 heteroatoms. The lowest BCUT2D eigenvalue weighted by atomic mass is 10.5. The van der Waals surface area contributed by atoms with Crippen LogP contribution in [0.5, 0.6) is 0 Å². The molecule has 0 saturated carbocycles. The molecule has 0 bridgehead atoms. The maximum atomic E-state index is 10.7. The van der Waals surface area contributed by atoms with E-state index in [1.165, 1.54) is 0 Å². The number of hydrogen-bond acceptors (Lipinski definition) is 2. The highest BCUT2D eigenvalue weighted by Gasteiger charge is 1.98. The largest absolute Gasteiger partial charge is 0.345 e. The molecule has 0 radical (unpaired) electrons. The molecule has 1 amide bonds. The number of hydrogen-bond donors (Lipinski definition) is 1. The highest BCUT2D eigenvalue weighted by atomic mass is 16.2. The number of nitrogens with one attached hydrogen (secondary N) is 1. The van der Waals surface area contributed by atoms with E-state index in [0.29, 0.717) is 6.54 Å². The highest BCUT2D eigenvalue weighted by Crippen LogP contribution is 1.80.